The third-order valence-electron chi connectivity index (χ3n) is 5.09. The predicted octanol–water partition coefficient (Wildman–Crippen LogP) is 6.89. The van der Waals surface area contributed by atoms with Crippen LogP contribution in [-0.2, 0) is 13.0 Å². The summed E-state index contributed by atoms with van der Waals surface area (Å²) in [6, 6.07) is 19.1. The molecule has 4 rings (SSSR count). The van der Waals surface area contributed by atoms with Gasteiger partial charge >= 0.3 is 5.63 Å². The van der Waals surface area contributed by atoms with Crippen LogP contribution in [0.5, 0.6) is 5.75 Å². The first kappa shape index (κ1) is 20.5. The molecule has 152 valence electrons. The molecule has 4 aromatic rings. The van der Waals surface area contributed by atoms with Crippen molar-refractivity contribution < 1.29 is 9.15 Å². The molecule has 0 saturated heterocycles. The van der Waals surface area contributed by atoms with E-state index < -0.39 is 0 Å². The van der Waals surface area contributed by atoms with Crippen LogP contribution in [0, 0.1) is 13.8 Å². The average molecular weight is 439 g/mol. The van der Waals surface area contributed by atoms with E-state index in [4.69, 9.17) is 32.4 Å². The van der Waals surface area contributed by atoms with Gasteiger partial charge in [-0.15, -0.1) is 0 Å². The van der Waals surface area contributed by atoms with Crippen molar-refractivity contribution in [2.75, 3.05) is 0 Å². The van der Waals surface area contributed by atoms with Crippen LogP contribution in [0.2, 0.25) is 10.0 Å². The molecule has 0 saturated carbocycles. The van der Waals surface area contributed by atoms with Crippen LogP contribution in [0.4, 0.5) is 0 Å². The van der Waals surface area contributed by atoms with Crippen molar-refractivity contribution in [1.29, 1.82) is 0 Å². The van der Waals surface area contributed by atoms with Crippen LogP contribution < -0.4 is 10.4 Å². The fourth-order valence-corrected chi connectivity index (χ4v) is 3.87. The van der Waals surface area contributed by atoms with Crippen molar-refractivity contribution in [2.24, 2.45) is 0 Å². The molecule has 1 aromatic heterocycles. The van der Waals surface area contributed by atoms with Crippen LogP contribution >= 0.6 is 23.2 Å². The summed E-state index contributed by atoms with van der Waals surface area (Å²) in [4.78, 5) is 12.7. The summed E-state index contributed by atoms with van der Waals surface area (Å²) in [5, 5.41) is 1.80. The lowest BCUT2D eigenvalue weighted by atomic mass is 9.98. The third-order valence-corrected chi connectivity index (χ3v) is 5.83. The summed E-state index contributed by atoms with van der Waals surface area (Å²) in [6.45, 7) is 4.21. The molecule has 0 spiro atoms. The van der Waals surface area contributed by atoms with Crippen molar-refractivity contribution in [3.8, 4) is 5.75 Å². The molecule has 0 unspecified atom stereocenters. The molecule has 1 heterocycles. The Morgan fingerprint density at radius 3 is 2.40 bits per heavy atom. The van der Waals surface area contributed by atoms with Gasteiger partial charge in [0, 0.05) is 12.0 Å². The summed E-state index contributed by atoms with van der Waals surface area (Å²) in [6.07, 6.45) is 0.505. The molecule has 0 aliphatic rings. The zero-order valence-electron chi connectivity index (χ0n) is 16.7. The highest BCUT2D eigenvalue weighted by Crippen LogP contribution is 2.32. The average Bonchev–Trinajstić information content (AvgIpc) is 2.72. The van der Waals surface area contributed by atoms with Gasteiger partial charge in [-0.3, -0.25) is 0 Å². The Hall–Kier alpha value is -2.75. The van der Waals surface area contributed by atoms with Gasteiger partial charge in [0.2, 0.25) is 0 Å². The molecule has 0 aliphatic heterocycles. The maximum atomic E-state index is 12.7. The Morgan fingerprint density at radius 2 is 1.67 bits per heavy atom. The number of aryl methyl sites for hydroxylation is 2. The molecule has 3 aromatic carbocycles. The molecule has 0 N–H and O–H groups in total. The molecule has 0 fully saturated rings. The molecule has 30 heavy (non-hydrogen) atoms. The van der Waals surface area contributed by atoms with Crippen LogP contribution in [0.15, 0.2) is 69.9 Å². The van der Waals surface area contributed by atoms with Crippen LogP contribution in [0.3, 0.4) is 0 Å². The lowest BCUT2D eigenvalue weighted by molar-refractivity contribution is 0.309. The monoisotopic (exact) mass is 438 g/mol. The second-order valence-electron chi connectivity index (χ2n) is 7.33. The minimum atomic E-state index is -0.315. The number of fused-ring (bicyclic) bond motifs is 1. The molecule has 0 atom stereocenters. The first-order valence-corrected chi connectivity index (χ1v) is 10.4. The minimum absolute atomic E-state index is 0.315. The molecular formula is C25H20Cl2O3. The lowest BCUT2D eigenvalue weighted by Crippen LogP contribution is -2.11. The predicted molar refractivity (Wildman–Crippen MR) is 122 cm³/mol. The maximum Gasteiger partial charge on any atom is 0.340 e. The summed E-state index contributed by atoms with van der Waals surface area (Å²) in [5.41, 5.74) is 4.62. The molecular weight excluding hydrogens is 419 g/mol. The highest BCUT2D eigenvalue weighted by Gasteiger charge is 2.16. The molecule has 0 amide bonds. The van der Waals surface area contributed by atoms with E-state index in [0.717, 1.165) is 27.6 Å². The van der Waals surface area contributed by atoms with Crippen molar-refractivity contribution in [3.63, 3.8) is 0 Å². The molecule has 0 aliphatic carbocycles. The van der Waals surface area contributed by atoms with E-state index in [1.165, 1.54) is 0 Å². The van der Waals surface area contributed by atoms with E-state index in [2.05, 4.69) is 0 Å². The third kappa shape index (κ3) is 4.23. The minimum Gasteiger partial charge on any atom is -0.488 e. The zero-order valence-corrected chi connectivity index (χ0v) is 18.2. The first-order valence-electron chi connectivity index (χ1n) is 9.60. The van der Waals surface area contributed by atoms with Gasteiger partial charge in [0.05, 0.1) is 15.4 Å². The van der Waals surface area contributed by atoms with E-state index in [0.29, 0.717) is 40.0 Å². The summed E-state index contributed by atoms with van der Waals surface area (Å²) < 4.78 is 11.8. The molecule has 5 heteroatoms. The Morgan fingerprint density at radius 1 is 0.900 bits per heavy atom. The van der Waals surface area contributed by atoms with Gasteiger partial charge in [-0.1, -0.05) is 59.6 Å². The van der Waals surface area contributed by atoms with Gasteiger partial charge in [0.15, 0.2) is 0 Å². The lowest BCUT2D eigenvalue weighted by Gasteiger charge is -2.14. The summed E-state index contributed by atoms with van der Waals surface area (Å²) >= 11 is 12.1. The maximum absolute atomic E-state index is 12.7. The number of ether oxygens (including phenoxy) is 1. The second kappa shape index (κ2) is 8.55. The van der Waals surface area contributed by atoms with Crippen molar-refractivity contribution in [3.05, 3.63) is 109 Å². The largest absolute Gasteiger partial charge is 0.488 e. The van der Waals surface area contributed by atoms with Gasteiger partial charge in [-0.25, -0.2) is 4.79 Å². The molecule has 0 bridgehead atoms. The van der Waals surface area contributed by atoms with Gasteiger partial charge in [-0.05, 0) is 60.4 Å². The quantitative estimate of drug-likeness (QED) is 0.318. The first-order chi connectivity index (χ1) is 14.4. The normalized spacial score (nSPS) is 11.1. The zero-order chi connectivity index (χ0) is 21.3. The Kier molecular flexibility index (Phi) is 5.85. The van der Waals surface area contributed by atoms with Gasteiger partial charge in [0.1, 0.15) is 17.9 Å². The Balaban J connectivity index is 1.76. The number of benzene rings is 3. The SMILES string of the molecule is Cc1cc(OCc2ccc(Cl)c(Cl)c2)c2c(C)c(Cc3ccccc3)c(=O)oc2c1. The van der Waals surface area contributed by atoms with Crippen LogP contribution in [0.1, 0.15) is 27.8 Å². The van der Waals surface area contributed by atoms with Crippen molar-refractivity contribution in [2.45, 2.75) is 26.9 Å². The topological polar surface area (TPSA) is 39.4 Å². The number of hydrogen-bond acceptors (Lipinski definition) is 3. The van der Waals surface area contributed by atoms with Crippen LogP contribution in [0.25, 0.3) is 11.0 Å². The van der Waals surface area contributed by atoms with E-state index >= 15 is 0 Å². The standard InChI is InChI=1S/C25H20Cl2O3/c1-15-10-22(29-14-18-8-9-20(26)21(27)13-18)24-16(2)19(25(28)30-23(24)11-15)12-17-6-4-3-5-7-17/h3-11,13H,12,14H2,1-2H3. The van der Waals surface area contributed by atoms with E-state index in [1.807, 2.05) is 62.4 Å². The van der Waals surface area contributed by atoms with Crippen LogP contribution in [-0.4, -0.2) is 0 Å². The van der Waals surface area contributed by atoms with E-state index in [9.17, 15) is 4.79 Å². The van der Waals surface area contributed by atoms with E-state index in [1.54, 1.807) is 12.1 Å². The number of hydrogen-bond donors (Lipinski definition) is 0. The van der Waals surface area contributed by atoms with Gasteiger partial charge < -0.3 is 9.15 Å². The number of rotatable bonds is 5. The van der Waals surface area contributed by atoms with E-state index in [-0.39, 0.29) is 5.63 Å². The van der Waals surface area contributed by atoms with Crippen molar-refractivity contribution in [1.82, 2.24) is 0 Å². The Labute approximate surface area is 184 Å². The van der Waals surface area contributed by atoms with Gasteiger partial charge in [0.25, 0.3) is 0 Å². The summed E-state index contributed by atoms with van der Waals surface area (Å²) in [7, 11) is 0. The van der Waals surface area contributed by atoms with Gasteiger partial charge in [-0.2, -0.15) is 0 Å². The number of halogens is 2. The fourth-order valence-electron chi connectivity index (χ4n) is 3.55. The fraction of sp³-hybridized carbons (Fsp3) is 0.160. The molecule has 3 nitrogen and oxygen atoms in total. The van der Waals surface area contributed by atoms with Crippen molar-refractivity contribution >= 4 is 34.2 Å². The summed E-state index contributed by atoms with van der Waals surface area (Å²) in [5.74, 6) is 0.673. The highest BCUT2D eigenvalue weighted by molar-refractivity contribution is 6.42. The highest BCUT2D eigenvalue weighted by atomic mass is 35.5. The Bertz CT molecular complexity index is 1280. The molecule has 0 radical (unpaired) electrons. The second-order valence-corrected chi connectivity index (χ2v) is 8.14. The smallest absolute Gasteiger partial charge is 0.340 e.